The Labute approximate surface area is 193 Å². The average Bonchev–Trinajstić information content (AvgIpc) is 2.83. The van der Waals surface area contributed by atoms with Gasteiger partial charge in [0.25, 0.3) is 0 Å². The van der Waals surface area contributed by atoms with E-state index in [0.29, 0.717) is 12.1 Å². The number of hydrogen-bond donors (Lipinski definition) is 2. The van der Waals surface area contributed by atoms with E-state index in [1.165, 1.54) is 48.9 Å². The molecule has 0 bridgehead atoms. The number of para-hydroxylation sites is 2. The zero-order valence-corrected chi connectivity index (χ0v) is 19.6. The molecule has 0 unspecified atom stereocenters. The van der Waals surface area contributed by atoms with Crippen LogP contribution < -0.4 is 10.6 Å². The summed E-state index contributed by atoms with van der Waals surface area (Å²) in [6.45, 7) is 4.57. The molecule has 0 spiro atoms. The normalized spacial score (nSPS) is 18.0. The van der Waals surface area contributed by atoms with E-state index in [0.717, 1.165) is 38.2 Å². The Morgan fingerprint density at radius 2 is 1.59 bits per heavy atom. The van der Waals surface area contributed by atoms with Crippen molar-refractivity contribution in [1.29, 1.82) is 0 Å². The summed E-state index contributed by atoms with van der Waals surface area (Å²) in [5.41, 5.74) is 4.61. The van der Waals surface area contributed by atoms with E-state index in [4.69, 9.17) is 0 Å². The molecule has 2 aromatic carbocycles. The number of carbonyl (C=O) groups excluding carboxylic acids is 1. The minimum atomic E-state index is 0.0205. The number of benzene rings is 2. The van der Waals surface area contributed by atoms with E-state index >= 15 is 0 Å². The number of aryl methyl sites for hydroxylation is 1. The number of likely N-dealkylation sites (tertiary alicyclic amines) is 1. The topological polar surface area (TPSA) is 47.6 Å². The Balaban J connectivity index is 1.30. The van der Waals surface area contributed by atoms with Crippen molar-refractivity contribution in [3.63, 3.8) is 0 Å². The van der Waals surface area contributed by atoms with E-state index < -0.39 is 0 Å². The average molecular weight is 435 g/mol. The lowest BCUT2D eigenvalue weighted by atomic mass is 9.94. The second-order valence-electron chi connectivity index (χ2n) is 9.51. The fourth-order valence-corrected chi connectivity index (χ4v) is 5.08. The van der Waals surface area contributed by atoms with Gasteiger partial charge < -0.3 is 15.5 Å². The molecule has 1 aliphatic heterocycles. The molecule has 0 atom stereocenters. The monoisotopic (exact) mass is 434 g/mol. The molecule has 2 amide bonds. The summed E-state index contributed by atoms with van der Waals surface area (Å²) in [6.07, 6.45) is 8.55. The van der Waals surface area contributed by atoms with Crippen molar-refractivity contribution in [3.05, 3.63) is 59.7 Å². The van der Waals surface area contributed by atoms with Gasteiger partial charge in [-0.25, -0.2) is 4.79 Å². The number of urea groups is 1. The first-order valence-corrected chi connectivity index (χ1v) is 12.3. The van der Waals surface area contributed by atoms with E-state index in [1.54, 1.807) is 0 Å². The first-order valence-electron chi connectivity index (χ1n) is 12.3. The number of piperidine rings is 1. The third-order valence-corrected chi connectivity index (χ3v) is 7.16. The molecule has 0 radical (unpaired) electrons. The number of nitrogens with one attached hydrogen (secondary N) is 2. The smallest absolute Gasteiger partial charge is 0.321 e. The van der Waals surface area contributed by atoms with Gasteiger partial charge in [0.1, 0.15) is 0 Å². The highest BCUT2D eigenvalue weighted by Crippen LogP contribution is 2.25. The minimum absolute atomic E-state index is 0.0205. The summed E-state index contributed by atoms with van der Waals surface area (Å²) in [4.78, 5) is 17.4. The molecule has 1 saturated carbocycles. The molecule has 2 fully saturated rings. The Kier molecular flexibility index (Phi) is 7.69. The molecule has 2 aromatic rings. The number of rotatable bonds is 6. The third-order valence-electron chi connectivity index (χ3n) is 7.16. The van der Waals surface area contributed by atoms with Crippen molar-refractivity contribution in [2.75, 3.05) is 30.8 Å². The van der Waals surface area contributed by atoms with Crippen LogP contribution in [0.1, 0.15) is 56.1 Å². The first-order chi connectivity index (χ1) is 15.6. The van der Waals surface area contributed by atoms with Crippen LogP contribution in [0, 0.1) is 6.92 Å². The van der Waals surface area contributed by atoms with Gasteiger partial charge in [0, 0.05) is 43.1 Å². The second kappa shape index (κ2) is 10.9. The van der Waals surface area contributed by atoms with Crippen molar-refractivity contribution in [2.24, 2.45) is 0 Å². The number of amides is 2. The molecular weight excluding hydrogens is 396 g/mol. The summed E-state index contributed by atoms with van der Waals surface area (Å²) in [5, 5.41) is 6.86. The standard InChI is InChI=1S/C27H38N4O/c1-21-10-6-8-14-25(21)28-23-16-18-31(19-17-23)27(32)29-26-15-9-7-11-22(26)20-30(2)24-12-4-3-5-13-24/h6-11,14-15,23-24,28H,3-5,12-13,16-20H2,1-2H3,(H,29,32). The van der Waals surface area contributed by atoms with Crippen LogP contribution in [0.2, 0.25) is 0 Å². The van der Waals surface area contributed by atoms with Crippen LogP contribution in [0.5, 0.6) is 0 Å². The van der Waals surface area contributed by atoms with Gasteiger partial charge in [-0.05, 0) is 62.9 Å². The van der Waals surface area contributed by atoms with Crippen molar-refractivity contribution in [1.82, 2.24) is 9.80 Å². The van der Waals surface area contributed by atoms with Crippen LogP contribution in [-0.4, -0.2) is 48.1 Å². The lowest BCUT2D eigenvalue weighted by Gasteiger charge is -2.34. The first kappa shape index (κ1) is 22.7. The van der Waals surface area contributed by atoms with Crippen LogP contribution >= 0.6 is 0 Å². The summed E-state index contributed by atoms with van der Waals surface area (Å²) < 4.78 is 0. The lowest BCUT2D eigenvalue weighted by molar-refractivity contribution is 0.184. The molecule has 32 heavy (non-hydrogen) atoms. The third kappa shape index (κ3) is 5.83. The highest BCUT2D eigenvalue weighted by atomic mass is 16.2. The van der Waals surface area contributed by atoms with Gasteiger partial charge in [-0.15, -0.1) is 0 Å². The van der Waals surface area contributed by atoms with E-state index in [-0.39, 0.29) is 6.03 Å². The number of hydrogen-bond acceptors (Lipinski definition) is 3. The molecule has 2 aliphatic rings. The van der Waals surface area contributed by atoms with Crippen LogP contribution in [0.15, 0.2) is 48.5 Å². The van der Waals surface area contributed by atoms with Crippen LogP contribution in [0.4, 0.5) is 16.2 Å². The highest BCUT2D eigenvalue weighted by Gasteiger charge is 2.24. The Bertz CT molecular complexity index is 885. The zero-order valence-electron chi connectivity index (χ0n) is 19.6. The molecule has 172 valence electrons. The zero-order chi connectivity index (χ0) is 22.3. The number of carbonyl (C=O) groups is 1. The molecule has 1 aliphatic carbocycles. The minimum Gasteiger partial charge on any atom is -0.382 e. The Morgan fingerprint density at radius 1 is 0.938 bits per heavy atom. The molecule has 1 saturated heterocycles. The maximum Gasteiger partial charge on any atom is 0.321 e. The highest BCUT2D eigenvalue weighted by molar-refractivity contribution is 5.90. The molecule has 4 rings (SSSR count). The van der Waals surface area contributed by atoms with E-state index in [2.05, 4.69) is 65.9 Å². The SMILES string of the molecule is Cc1ccccc1NC1CCN(C(=O)Nc2ccccc2CN(C)C2CCCCC2)CC1. The van der Waals surface area contributed by atoms with Crippen molar-refractivity contribution >= 4 is 17.4 Å². The largest absolute Gasteiger partial charge is 0.382 e. The van der Waals surface area contributed by atoms with Gasteiger partial charge in [0.15, 0.2) is 0 Å². The van der Waals surface area contributed by atoms with Crippen molar-refractivity contribution in [2.45, 2.75) is 70.5 Å². The van der Waals surface area contributed by atoms with E-state index in [1.807, 2.05) is 17.0 Å². The molecule has 0 aromatic heterocycles. The number of nitrogens with zero attached hydrogens (tertiary/aromatic N) is 2. The van der Waals surface area contributed by atoms with Crippen LogP contribution in [-0.2, 0) is 6.54 Å². The van der Waals surface area contributed by atoms with Gasteiger partial charge in [-0.1, -0.05) is 55.7 Å². The molecule has 2 N–H and O–H groups in total. The maximum atomic E-state index is 13.0. The second-order valence-corrected chi connectivity index (χ2v) is 9.51. The van der Waals surface area contributed by atoms with Gasteiger partial charge >= 0.3 is 6.03 Å². The predicted octanol–water partition coefficient (Wildman–Crippen LogP) is 5.87. The van der Waals surface area contributed by atoms with Gasteiger partial charge in [-0.3, -0.25) is 4.90 Å². The number of anilines is 2. The Hall–Kier alpha value is -2.53. The Morgan fingerprint density at radius 3 is 2.31 bits per heavy atom. The molecule has 5 nitrogen and oxygen atoms in total. The quantitative estimate of drug-likeness (QED) is 0.598. The van der Waals surface area contributed by atoms with Gasteiger partial charge in [-0.2, -0.15) is 0 Å². The molecule has 1 heterocycles. The predicted molar refractivity (Wildman–Crippen MR) is 133 cm³/mol. The fraction of sp³-hybridized carbons (Fsp3) is 0.519. The summed E-state index contributed by atoms with van der Waals surface area (Å²) in [6, 6.07) is 17.8. The van der Waals surface area contributed by atoms with Crippen LogP contribution in [0.3, 0.4) is 0 Å². The van der Waals surface area contributed by atoms with Crippen LogP contribution in [0.25, 0.3) is 0 Å². The molecular formula is C27H38N4O. The maximum absolute atomic E-state index is 13.0. The summed E-state index contributed by atoms with van der Waals surface area (Å²) >= 11 is 0. The molecule has 5 heteroatoms. The van der Waals surface area contributed by atoms with E-state index in [9.17, 15) is 4.79 Å². The van der Waals surface area contributed by atoms with Crippen molar-refractivity contribution in [3.8, 4) is 0 Å². The fourth-order valence-electron chi connectivity index (χ4n) is 5.08. The lowest BCUT2D eigenvalue weighted by Crippen LogP contribution is -2.44. The van der Waals surface area contributed by atoms with Crippen molar-refractivity contribution < 1.29 is 4.79 Å². The van der Waals surface area contributed by atoms with Gasteiger partial charge in [0.05, 0.1) is 0 Å². The summed E-state index contributed by atoms with van der Waals surface area (Å²) in [7, 11) is 2.22. The van der Waals surface area contributed by atoms with Gasteiger partial charge in [0.2, 0.25) is 0 Å². The summed E-state index contributed by atoms with van der Waals surface area (Å²) in [5.74, 6) is 0.